The molecule has 1 aliphatic heterocycles. The van der Waals surface area contributed by atoms with Crippen molar-refractivity contribution in [2.24, 2.45) is 5.92 Å². The van der Waals surface area contributed by atoms with Gasteiger partial charge in [0.2, 0.25) is 0 Å². The number of hydrogen-bond acceptors (Lipinski definition) is 7. The van der Waals surface area contributed by atoms with E-state index in [1.54, 1.807) is 0 Å². The molecule has 9 heteroatoms. The molecule has 0 saturated carbocycles. The molecule has 0 aromatic heterocycles. The van der Waals surface area contributed by atoms with Gasteiger partial charge in [0.25, 0.3) is 0 Å². The molecule has 1 heterocycles. The van der Waals surface area contributed by atoms with Crippen molar-refractivity contribution in [3.05, 3.63) is 0 Å². The lowest BCUT2D eigenvalue weighted by Gasteiger charge is -2.22. The molecule has 0 bridgehead atoms. The van der Waals surface area contributed by atoms with E-state index in [2.05, 4.69) is 25.9 Å². The Morgan fingerprint density at radius 2 is 1.11 bits per heavy atom. The molecule has 0 amide bonds. The second kappa shape index (κ2) is 32.2. The molecule has 45 heavy (non-hydrogen) atoms. The first kappa shape index (κ1) is 44.7. The van der Waals surface area contributed by atoms with Crippen LogP contribution in [0.1, 0.15) is 181 Å². The van der Waals surface area contributed by atoms with E-state index < -0.39 is 13.9 Å². The summed E-state index contributed by atoms with van der Waals surface area (Å²) < 4.78 is 24.1. The number of rotatable bonds is 31. The highest BCUT2D eigenvalue weighted by Crippen LogP contribution is 2.48. The first-order chi connectivity index (χ1) is 21.8. The molecule has 0 aromatic carbocycles. The number of aliphatic hydroxyl groups is 3. The third kappa shape index (κ3) is 28.4. The quantitative estimate of drug-likeness (QED) is 0.0427. The highest BCUT2D eigenvalue weighted by atomic mass is 31.2. The molecule has 8 nitrogen and oxygen atoms in total. The highest BCUT2D eigenvalue weighted by molar-refractivity contribution is 7.51. The zero-order valence-electron chi connectivity index (χ0n) is 29.7. The maximum atomic E-state index is 13.0. The van der Waals surface area contributed by atoms with E-state index in [0.29, 0.717) is 19.6 Å². The van der Waals surface area contributed by atoms with Crippen LogP contribution >= 0.6 is 7.75 Å². The van der Waals surface area contributed by atoms with Crippen LogP contribution in [0, 0.1) is 5.92 Å². The number of hydrogen-bond donors (Lipinski definition) is 4. The van der Waals surface area contributed by atoms with Gasteiger partial charge < -0.3 is 15.3 Å². The zero-order chi connectivity index (χ0) is 33.4. The summed E-state index contributed by atoms with van der Waals surface area (Å²) in [4.78, 5) is 13.0. The van der Waals surface area contributed by atoms with Gasteiger partial charge in [-0.25, -0.2) is 9.65 Å². The molecular formula is C36H74NO7P. The number of Topliss-reactive ketones (excluding diaryl/α,β-unsaturated/α-hetero) is 1. The Morgan fingerprint density at radius 1 is 0.711 bits per heavy atom. The molecule has 1 saturated heterocycles. The van der Waals surface area contributed by atoms with Crippen LogP contribution in [0.3, 0.4) is 0 Å². The second-order valence-electron chi connectivity index (χ2n) is 13.2. The Kier molecular flexibility index (Phi) is 32.0. The number of carbonyl (C=O) groups is 1. The largest absolute Gasteiger partial charge is 0.405 e. The van der Waals surface area contributed by atoms with Crippen LogP contribution in [-0.2, 0) is 18.4 Å². The fraction of sp³-hybridized carbons (Fsp3) is 0.972. The minimum Gasteiger partial charge on any atom is -0.394 e. The molecule has 0 spiro atoms. The standard InChI is InChI=1S/C33H66NO4P.C3H8O3/c1-4-6-8-10-12-14-16-18-20-22-24-26-31(3)33(35)30-32(38-39(36)34-28-29-37-39)27-25-23-21-19-17-15-13-11-9-7-5-2;4-1-3(6)2-5/h31-32H,4-30H2,1-3H3,(H,34,36);3-6H,1-2H2. The molecule has 0 radical (unpaired) electrons. The Balaban J connectivity index is 0.00000292. The Labute approximate surface area is 277 Å². The molecule has 0 aliphatic carbocycles. The van der Waals surface area contributed by atoms with Crippen LogP contribution in [0.25, 0.3) is 0 Å². The van der Waals surface area contributed by atoms with Gasteiger partial charge in [-0.05, 0) is 12.8 Å². The van der Waals surface area contributed by atoms with Crippen molar-refractivity contribution < 1.29 is 33.7 Å². The van der Waals surface area contributed by atoms with Crippen molar-refractivity contribution in [1.29, 1.82) is 0 Å². The maximum absolute atomic E-state index is 13.0. The molecule has 1 rings (SSSR count). The SMILES string of the molecule is CCCCCCCCCCCCCC(CC(=O)C(C)CCCCCCCCCCCCC)OP1(=O)NCCO1.OCC(O)CO. The van der Waals surface area contributed by atoms with Crippen LogP contribution in [0.2, 0.25) is 0 Å². The molecule has 270 valence electrons. The maximum Gasteiger partial charge on any atom is 0.405 e. The van der Waals surface area contributed by atoms with Crippen molar-refractivity contribution in [2.45, 2.75) is 193 Å². The van der Waals surface area contributed by atoms with Crippen LogP contribution in [-0.4, -0.2) is 59.7 Å². The predicted molar refractivity (Wildman–Crippen MR) is 188 cm³/mol. The highest BCUT2D eigenvalue weighted by Gasteiger charge is 2.33. The predicted octanol–water partition coefficient (Wildman–Crippen LogP) is 9.43. The number of carbonyl (C=O) groups excluding carboxylic acids is 1. The smallest absolute Gasteiger partial charge is 0.394 e. The average molecular weight is 664 g/mol. The van der Waals surface area contributed by atoms with E-state index in [4.69, 9.17) is 24.4 Å². The number of aliphatic hydroxyl groups excluding tert-OH is 3. The fourth-order valence-electron chi connectivity index (χ4n) is 5.65. The van der Waals surface area contributed by atoms with Gasteiger partial charge in [0.15, 0.2) is 0 Å². The third-order valence-corrected chi connectivity index (χ3v) is 10.4. The van der Waals surface area contributed by atoms with Gasteiger partial charge in [0.05, 0.1) is 25.9 Å². The fourth-order valence-corrected chi connectivity index (χ4v) is 7.14. The summed E-state index contributed by atoms with van der Waals surface area (Å²) in [5.74, 6) is 0.298. The van der Waals surface area contributed by atoms with Gasteiger partial charge in [0.1, 0.15) is 11.9 Å². The van der Waals surface area contributed by atoms with Crippen LogP contribution < -0.4 is 5.09 Å². The molecule has 3 unspecified atom stereocenters. The van der Waals surface area contributed by atoms with Gasteiger partial charge in [-0.2, -0.15) is 0 Å². The number of unbranched alkanes of at least 4 members (excludes halogenated alkanes) is 20. The average Bonchev–Trinajstić information content (AvgIpc) is 3.47. The van der Waals surface area contributed by atoms with E-state index in [9.17, 15) is 9.36 Å². The summed E-state index contributed by atoms with van der Waals surface area (Å²) in [5, 5.41) is 26.9. The van der Waals surface area contributed by atoms with Crippen molar-refractivity contribution in [3.63, 3.8) is 0 Å². The van der Waals surface area contributed by atoms with Crippen molar-refractivity contribution in [1.82, 2.24) is 5.09 Å². The Hall–Kier alpha value is -0.340. The minimum atomic E-state index is -3.25. The van der Waals surface area contributed by atoms with E-state index >= 15 is 0 Å². The lowest BCUT2D eigenvalue weighted by molar-refractivity contribution is -0.124. The molecule has 0 aromatic rings. The van der Waals surface area contributed by atoms with Gasteiger partial charge in [-0.15, -0.1) is 0 Å². The summed E-state index contributed by atoms with van der Waals surface area (Å²) in [6.45, 7) is 6.82. The number of ketones is 1. The van der Waals surface area contributed by atoms with Crippen molar-refractivity contribution in [2.75, 3.05) is 26.4 Å². The normalized spacial score (nSPS) is 17.8. The topological polar surface area (TPSA) is 125 Å². The van der Waals surface area contributed by atoms with Gasteiger partial charge in [0, 0.05) is 18.9 Å². The summed E-state index contributed by atoms with van der Waals surface area (Å²) in [6, 6.07) is 0. The van der Waals surface area contributed by atoms with Crippen molar-refractivity contribution >= 4 is 13.5 Å². The van der Waals surface area contributed by atoms with Crippen LogP contribution in [0.15, 0.2) is 0 Å². The van der Waals surface area contributed by atoms with E-state index in [-0.39, 0.29) is 31.0 Å². The van der Waals surface area contributed by atoms with Gasteiger partial charge in [-0.1, -0.05) is 162 Å². The summed E-state index contributed by atoms with van der Waals surface area (Å²) in [5.41, 5.74) is 0. The minimum absolute atomic E-state index is 0.0467. The van der Waals surface area contributed by atoms with Gasteiger partial charge >= 0.3 is 7.75 Å². The first-order valence-electron chi connectivity index (χ1n) is 18.9. The second-order valence-corrected chi connectivity index (χ2v) is 15.0. The van der Waals surface area contributed by atoms with Crippen LogP contribution in [0.5, 0.6) is 0 Å². The molecule has 3 atom stereocenters. The van der Waals surface area contributed by atoms with E-state index in [1.165, 1.54) is 122 Å². The lowest BCUT2D eigenvalue weighted by Crippen LogP contribution is -2.23. The molecule has 4 N–H and O–H groups in total. The number of nitrogens with one attached hydrogen (secondary N) is 1. The Morgan fingerprint density at radius 3 is 1.47 bits per heavy atom. The van der Waals surface area contributed by atoms with Gasteiger partial charge in [-0.3, -0.25) is 13.8 Å². The third-order valence-electron chi connectivity index (χ3n) is 8.73. The molecule has 1 fully saturated rings. The van der Waals surface area contributed by atoms with E-state index in [0.717, 1.165) is 32.1 Å². The van der Waals surface area contributed by atoms with Crippen LogP contribution in [0.4, 0.5) is 0 Å². The van der Waals surface area contributed by atoms with E-state index in [1.807, 2.05) is 0 Å². The molecular weight excluding hydrogens is 589 g/mol. The summed E-state index contributed by atoms with van der Waals surface area (Å²) >= 11 is 0. The monoisotopic (exact) mass is 664 g/mol. The van der Waals surface area contributed by atoms with Crippen molar-refractivity contribution in [3.8, 4) is 0 Å². The summed E-state index contributed by atoms with van der Waals surface area (Å²) in [7, 11) is -3.25. The zero-order valence-corrected chi connectivity index (χ0v) is 30.6. The molecule has 1 aliphatic rings. The summed E-state index contributed by atoms with van der Waals surface area (Å²) in [6.07, 6.45) is 29.6. The lowest BCUT2D eigenvalue weighted by atomic mass is 9.93. The Bertz CT molecular complexity index is 682. The first-order valence-corrected chi connectivity index (χ1v) is 20.5.